The van der Waals surface area contributed by atoms with E-state index in [4.69, 9.17) is 9.84 Å². The molecule has 2 aliphatic rings. The fraction of sp³-hybridized carbons (Fsp3) is 0.667. The topological polar surface area (TPSA) is 75.6 Å². The maximum atomic E-state index is 12.1. The van der Waals surface area contributed by atoms with Crippen molar-refractivity contribution < 1.29 is 19.4 Å². The lowest BCUT2D eigenvalue weighted by molar-refractivity contribution is -0.147. The van der Waals surface area contributed by atoms with Crippen molar-refractivity contribution in [3.63, 3.8) is 0 Å². The van der Waals surface area contributed by atoms with Crippen LogP contribution in [0.5, 0.6) is 0 Å². The second kappa shape index (κ2) is 3.84. The summed E-state index contributed by atoms with van der Waals surface area (Å²) < 4.78 is 5.44. The second-order valence-electron chi connectivity index (χ2n) is 5.58. The van der Waals surface area contributed by atoms with Gasteiger partial charge < -0.3 is 15.2 Å². The lowest BCUT2D eigenvalue weighted by Gasteiger charge is -2.26. The average Bonchev–Trinajstić information content (AvgIpc) is 2.72. The predicted molar refractivity (Wildman–Crippen MR) is 60.3 cm³/mol. The van der Waals surface area contributed by atoms with Gasteiger partial charge in [-0.3, -0.25) is 9.59 Å². The van der Waals surface area contributed by atoms with Crippen molar-refractivity contribution in [1.82, 2.24) is 5.32 Å². The van der Waals surface area contributed by atoms with E-state index in [1.165, 1.54) is 0 Å². The highest BCUT2D eigenvalue weighted by Crippen LogP contribution is 2.39. The van der Waals surface area contributed by atoms with Crippen LogP contribution in [0.15, 0.2) is 12.2 Å². The third kappa shape index (κ3) is 2.20. The molecule has 2 rings (SSSR count). The summed E-state index contributed by atoms with van der Waals surface area (Å²) in [5.74, 6) is -2.62. The van der Waals surface area contributed by atoms with Crippen molar-refractivity contribution in [2.45, 2.75) is 38.5 Å². The van der Waals surface area contributed by atoms with Crippen molar-refractivity contribution >= 4 is 11.9 Å². The molecule has 0 radical (unpaired) electrons. The van der Waals surface area contributed by atoms with Crippen LogP contribution in [0.2, 0.25) is 0 Å². The Morgan fingerprint density at radius 2 is 1.71 bits per heavy atom. The van der Waals surface area contributed by atoms with Crippen LogP contribution in [0.3, 0.4) is 0 Å². The van der Waals surface area contributed by atoms with E-state index in [0.717, 1.165) is 0 Å². The quantitative estimate of drug-likeness (QED) is 0.690. The van der Waals surface area contributed by atoms with E-state index in [1.807, 2.05) is 20.8 Å². The molecule has 1 saturated heterocycles. The van der Waals surface area contributed by atoms with Crippen molar-refractivity contribution in [3.05, 3.63) is 12.2 Å². The predicted octanol–water partition coefficient (Wildman–Crippen LogP) is 0.555. The van der Waals surface area contributed by atoms with Crippen molar-refractivity contribution in [2.24, 2.45) is 11.8 Å². The average molecular weight is 239 g/mol. The number of carbonyl (C=O) groups excluding carboxylic acids is 1. The summed E-state index contributed by atoms with van der Waals surface area (Å²) >= 11 is 0. The Hall–Kier alpha value is -1.36. The molecule has 5 nitrogen and oxygen atoms in total. The normalized spacial score (nSPS) is 35.0. The minimum absolute atomic E-state index is 0.248. The molecule has 0 aromatic rings. The summed E-state index contributed by atoms with van der Waals surface area (Å²) in [5.41, 5.74) is -0.369. The molecule has 1 amide bonds. The number of aliphatic carboxylic acids is 1. The van der Waals surface area contributed by atoms with E-state index in [2.05, 4.69) is 5.32 Å². The van der Waals surface area contributed by atoms with Crippen LogP contribution in [-0.4, -0.2) is 34.7 Å². The lowest BCUT2D eigenvalue weighted by Crippen LogP contribution is -2.49. The molecule has 2 N–H and O–H groups in total. The SMILES string of the molecule is CC(C)(C)NC(=O)[C@@H]1[C@@H](C(=O)O)[C@@H]2C=C[C@H]1O2. The molecule has 0 saturated carbocycles. The highest BCUT2D eigenvalue weighted by Gasteiger charge is 2.53. The summed E-state index contributed by atoms with van der Waals surface area (Å²) in [7, 11) is 0. The first-order chi connectivity index (χ1) is 7.79. The largest absolute Gasteiger partial charge is 0.481 e. The Morgan fingerprint density at radius 1 is 1.18 bits per heavy atom. The van der Waals surface area contributed by atoms with Gasteiger partial charge in [0.25, 0.3) is 0 Å². The van der Waals surface area contributed by atoms with E-state index in [1.54, 1.807) is 12.2 Å². The summed E-state index contributed by atoms with van der Waals surface area (Å²) in [6.45, 7) is 5.60. The van der Waals surface area contributed by atoms with E-state index in [9.17, 15) is 9.59 Å². The number of carbonyl (C=O) groups is 2. The minimum Gasteiger partial charge on any atom is -0.481 e. The molecule has 2 bridgehead atoms. The number of nitrogens with one attached hydrogen (secondary N) is 1. The molecule has 0 aliphatic carbocycles. The standard InChI is InChI=1S/C12H17NO4/c1-12(2,3)13-10(14)8-6-4-5-7(17-6)9(8)11(15)16/h4-9H,1-3H3,(H,13,14)(H,15,16)/t6-,7+,8+,9+/m1/s1. The van der Waals surface area contributed by atoms with Crippen LogP contribution in [0.1, 0.15) is 20.8 Å². The molecule has 1 fully saturated rings. The number of ether oxygens (including phenoxy) is 1. The van der Waals surface area contributed by atoms with Gasteiger partial charge in [-0.1, -0.05) is 12.2 Å². The van der Waals surface area contributed by atoms with Crippen molar-refractivity contribution in [2.75, 3.05) is 0 Å². The van der Waals surface area contributed by atoms with Gasteiger partial charge in [-0.05, 0) is 20.8 Å². The molecule has 94 valence electrons. The summed E-state index contributed by atoms with van der Waals surface area (Å²) in [6.07, 6.45) is 2.64. The molecule has 5 heteroatoms. The monoisotopic (exact) mass is 239 g/mol. The zero-order chi connectivity index (χ0) is 12.8. The minimum atomic E-state index is -0.976. The molecular weight excluding hydrogens is 222 g/mol. The molecule has 2 aliphatic heterocycles. The van der Waals surface area contributed by atoms with E-state index >= 15 is 0 Å². The van der Waals surface area contributed by atoms with E-state index in [0.29, 0.717) is 0 Å². The Labute approximate surface area is 99.8 Å². The number of hydrogen-bond acceptors (Lipinski definition) is 3. The highest BCUT2D eigenvalue weighted by atomic mass is 16.5. The fourth-order valence-corrected chi connectivity index (χ4v) is 2.37. The molecule has 0 unspecified atom stereocenters. The number of amides is 1. The molecule has 0 aromatic carbocycles. The smallest absolute Gasteiger partial charge is 0.310 e. The molecule has 0 spiro atoms. The molecule has 17 heavy (non-hydrogen) atoms. The Balaban J connectivity index is 2.17. The maximum Gasteiger partial charge on any atom is 0.310 e. The number of carboxylic acids is 1. The van der Waals surface area contributed by atoms with Gasteiger partial charge >= 0.3 is 5.97 Å². The van der Waals surface area contributed by atoms with E-state index < -0.39 is 30.0 Å². The Morgan fingerprint density at radius 3 is 2.18 bits per heavy atom. The highest BCUT2D eigenvalue weighted by molar-refractivity contribution is 5.87. The lowest BCUT2D eigenvalue weighted by atomic mass is 9.82. The first-order valence-electron chi connectivity index (χ1n) is 5.68. The van der Waals surface area contributed by atoms with Crippen LogP contribution < -0.4 is 5.32 Å². The van der Waals surface area contributed by atoms with Crippen LogP contribution in [0, 0.1) is 11.8 Å². The summed E-state index contributed by atoms with van der Waals surface area (Å²) in [6, 6.07) is 0. The van der Waals surface area contributed by atoms with E-state index in [-0.39, 0.29) is 11.4 Å². The Kier molecular flexibility index (Phi) is 2.73. The van der Waals surface area contributed by atoms with Crippen LogP contribution >= 0.6 is 0 Å². The zero-order valence-electron chi connectivity index (χ0n) is 10.1. The van der Waals surface area contributed by atoms with Gasteiger partial charge in [0.1, 0.15) is 5.92 Å². The van der Waals surface area contributed by atoms with Gasteiger partial charge in [0.15, 0.2) is 0 Å². The van der Waals surface area contributed by atoms with Crippen LogP contribution in [-0.2, 0) is 14.3 Å². The number of hydrogen-bond donors (Lipinski definition) is 2. The van der Waals surface area contributed by atoms with Crippen LogP contribution in [0.4, 0.5) is 0 Å². The first-order valence-corrected chi connectivity index (χ1v) is 5.68. The van der Waals surface area contributed by atoms with Gasteiger partial charge in [-0.25, -0.2) is 0 Å². The van der Waals surface area contributed by atoms with Crippen molar-refractivity contribution in [3.8, 4) is 0 Å². The van der Waals surface area contributed by atoms with Gasteiger partial charge in [-0.15, -0.1) is 0 Å². The zero-order valence-corrected chi connectivity index (χ0v) is 10.1. The van der Waals surface area contributed by atoms with Gasteiger partial charge in [0, 0.05) is 5.54 Å². The van der Waals surface area contributed by atoms with Crippen LogP contribution in [0.25, 0.3) is 0 Å². The number of rotatable bonds is 2. The third-order valence-corrected chi connectivity index (χ3v) is 2.99. The second-order valence-corrected chi connectivity index (χ2v) is 5.58. The summed E-state index contributed by atoms with van der Waals surface area (Å²) in [4.78, 5) is 23.3. The fourth-order valence-electron chi connectivity index (χ4n) is 2.37. The Bertz CT molecular complexity index is 382. The molecule has 4 atom stereocenters. The van der Waals surface area contributed by atoms with Gasteiger partial charge in [-0.2, -0.15) is 0 Å². The molecule has 2 heterocycles. The molecular formula is C12H17NO4. The maximum absolute atomic E-state index is 12.1. The molecule has 0 aromatic heterocycles. The number of carboxylic acid groups (broad SMARTS) is 1. The first kappa shape index (κ1) is 12.1. The van der Waals surface area contributed by atoms with Gasteiger partial charge in [0.05, 0.1) is 18.1 Å². The summed E-state index contributed by atoms with van der Waals surface area (Å²) in [5, 5.41) is 12.0. The third-order valence-electron chi connectivity index (χ3n) is 2.99. The van der Waals surface area contributed by atoms with Gasteiger partial charge in [0.2, 0.25) is 5.91 Å². The number of fused-ring (bicyclic) bond motifs is 2. The van der Waals surface area contributed by atoms with Crippen molar-refractivity contribution in [1.29, 1.82) is 0 Å².